The number of hydrogen-bond donors (Lipinski definition) is 2. The lowest BCUT2D eigenvalue weighted by Crippen LogP contribution is -2.57. The van der Waals surface area contributed by atoms with Crippen LogP contribution in [0.1, 0.15) is 70.7 Å². The number of aliphatic hydroxyl groups excluding tert-OH is 1. The molecule has 0 unspecified atom stereocenters. The highest BCUT2D eigenvalue weighted by Crippen LogP contribution is 2.70. The molecule has 3 fully saturated rings. The Balaban J connectivity index is 1.34. The van der Waals surface area contributed by atoms with Gasteiger partial charge in [-0.1, -0.05) is 62.8 Å². The highest BCUT2D eigenvalue weighted by molar-refractivity contribution is 5.94. The van der Waals surface area contributed by atoms with Crippen LogP contribution < -0.4 is 5.32 Å². The second kappa shape index (κ2) is 10.0. The number of carbonyl (C=O) groups is 2. The van der Waals surface area contributed by atoms with Crippen molar-refractivity contribution in [2.24, 2.45) is 34.0 Å². The molecule has 1 aliphatic heterocycles. The van der Waals surface area contributed by atoms with Crippen molar-refractivity contribution in [1.29, 1.82) is 0 Å². The van der Waals surface area contributed by atoms with Gasteiger partial charge in [0.15, 0.2) is 0 Å². The third-order valence-corrected chi connectivity index (χ3v) is 12.6. The van der Waals surface area contributed by atoms with Crippen LogP contribution in [0.3, 0.4) is 0 Å². The molecular weight excluding hydrogens is 528 g/mol. The first kappa shape index (κ1) is 29.6. The summed E-state index contributed by atoms with van der Waals surface area (Å²) in [6.07, 6.45) is 8.95. The van der Waals surface area contributed by atoms with Crippen molar-refractivity contribution in [2.45, 2.75) is 90.2 Å². The van der Waals surface area contributed by atoms with Gasteiger partial charge in [-0.15, -0.1) is 0 Å². The maximum atomic E-state index is 13.2. The Bertz CT molecular complexity index is 1310. The van der Waals surface area contributed by atoms with Gasteiger partial charge in [0, 0.05) is 42.2 Å². The molecule has 0 radical (unpaired) electrons. The van der Waals surface area contributed by atoms with Crippen molar-refractivity contribution in [3.8, 4) is 0 Å². The predicted octanol–water partition coefficient (Wildman–Crippen LogP) is 4.76. The molecule has 11 atom stereocenters. The van der Waals surface area contributed by atoms with E-state index in [0.29, 0.717) is 18.6 Å². The van der Waals surface area contributed by atoms with Crippen LogP contribution in [-0.4, -0.2) is 72.5 Å². The number of fused-ring (bicyclic) bond motifs is 3. The Morgan fingerprint density at radius 3 is 2.52 bits per heavy atom. The summed E-state index contributed by atoms with van der Waals surface area (Å²) in [5.41, 5.74) is 0.662. The molecule has 42 heavy (non-hydrogen) atoms. The van der Waals surface area contributed by atoms with Gasteiger partial charge in [0.25, 0.3) is 5.91 Å². The van der Waals surface area contributed by atoms with Crippen LogP contribution in [0.2, 0.25) is 0 Å². The molecular formula is C35H48N2O5. The van der Waals surface area contributed by atoms with Gasteiger partial charge < -0.3 is 24.8 Å². The van der Waals surface area contributed by atoms with Crippen molar-refractivity contribution in [3.05, 3.63) is 59.7 Å². The number of benzene rings is 1. The lowest BCUT2D eigenvalue weighted by molar-refractivity contribution is -0.150. The SMILES string of the molecule is CC(=O)O[C@@H]1C[C@@]2(C)[C@@H]3C[C@H](O)[C@H]4[C@]5(C)CO[C@]4(C=C[C@@H]5NC(=O)c4ccccc4)CC3=CC[C@]2(C)[C@H]1[C@H](C)N(C)C. The van der Waals surface area contributed by atoms with E-state index < -0.39 is 17.1 Å². The van der Waals surface area contributed by atoms with Gasteiger partial charge in [-0.05, 0) is 69.2 Å². The third kappa shape index (κ3) is 4.17. The predicted molar refractivity (Wildman–Crippen MR) is 162 cm³/mol. The second-order valence-electron chi connectivity index (χ2n) is 14.8. The summed E-state index contributed by atoms with van der Waals surface area (Å²) in [5.74, 6) is -0.185. The number of nitrogens with zero attached hydrogens (tertiary/aromatic N) is 1. The van der Waals surface area contributed by atoms with E-state index in [1.807, 2.05) is 30.3 Å². The molecule has 0 aromatic heterocycles. The van der Waals surface area contributed by atoms with E-state index in [0.717, 1.165) is 19.3 Å². The average molecular weight is 577 g/mol. The van der Waals surface area contributed by atoms with Gasteiger partial charge in [-0.3, -0.25) is 9.59 Å². The maximum absolute atomic E-state index is 13.2. The molecule has 1 aromatic carbocycles. The third-order valence-electron chi connectivity index (χ3n) is 12.6. The van der Waals surface area contributed by atoms with Crippen LogP contribution in [0, 0.1) is 34.0 Å². The van der Waals surface area contributed by atoms with Crippen LogP contribution in [-0.2, 0) is 14.3 Å². The number of amides is 1. The first-order valence-corrected chi connectivity index (χ1v) is 15.7. The summed E-state index contributed by atoms with van der Waals surface area (Å²) >= 11 is 0. The van der Waals surface area contributed by atoms with Crippen molar-refractivity contribution in [2.75, 3.05) is 20.7 Å². The normalized spacial score (nSPS) is 44.4. The van der Waals surface area contributed by atoms with E-state index in [4.69, 9.17) is 9.47 Å². The van der Waals surface area contributed by atoms with Gasteiger partial charge in [0.1, 0.15) is 6.10 Å². The fourth-order valence-electron chi connectivity index (χ4n) is 10.1. The molecule has 6 rings (SSSR count). The number of aliphatic hydroxyl groups is 1. The minimum absolute atomic E-state index is 0.107. The van der Waals surface area contributed by atoms with E-state index in [1.165, 1.54) is 12.5 Å². The molecule has 4 aliphatic carbocycles. The molecule has 5 aliphatic rings. The maximum Gasteiger partial charge on any atom is 0.302 e. The summed E-state index contributed by atoms with van der Waals surface area (Å²) in [4.78, 5) is 27.7. The van der Waals surface area contributed by atoms with Crippen molar-refractivity contribution in [1.82, 2.24) is 10.2 Å². The zero-order valence-electron chi connectivity index (χ0n) is 26.2. The van der Waals surface area contributed by atoms with Gasteiger partial charge in [0.05, 0.1) is 24.4 Å². The molecule has 1 heterocycles. The van der Waals surface area contributed by atoms with Crippen molar-refractivity contribution in [3.63, 3.8) is 0 Å². The minimum atomic E-state index is -0.605. The number of carbonyl (C=O) groups excluding carboxylic acids is 2. The highest BCUT2D eigenvalue weighted by atomic mass is 16.5. The molecule has 2 bridgehead atoms. The van der Waals surface area contributed by atoms with Gasteiger partial charge in [-0.2, -0.15) is 0 Å². The highest BCUT2D eigenvalue weighted by Gasteiger charge is 2.69. The average Bonchev–Trinajstić information content (AvgIpc) is 3.23. The van der Waals surface area contributed by atoms with Gasteiger partial charge in [-0.25, -0.2) is 0 Å². The van der Waals surface area contributed by atoms with E-state index in [2.05, 4.69) is 70.2 Å². The quantitative estimate of drug-likeness (QED) is 0.388. The topological polar surface area (TPSA) is 88.1 Å². The molecule has 1 amide bonds. The summed E-state index contributed by atoms with van der Waals surface area (Å²) in [5, 5.41) is 15.4. The summed E-state index contributed by atoms with van der Waals surface area (Å²) in [6.45, 7) is 11.2. The number of esters is 1. The molecule has 228 valence electrons. The Morgan fingerprint density at radius 1 is 1.14 bits per heavy atom. The Labute approximate surface area is 250 Å². The van der Waals surface area contributed by atoms with Crippen LogP contribution in [0.25, 0.3) is 0 Å². The number of hydrogen-bond acceptors (Lipinski definition) is 6. The Morgan fingerprint density at radius 2 is 1.86 bits per heavy atom. The van der Waals surface area contributed by atoms with Crippen LogP contribution in [0.15, 0.2) is 54.1 Å². The van der Waals surface area contributed by atoms with Gasteiger partial charge >= 0.3 is 5.97 Å². The van der Waals surface area contributed by atoms with E-state index in [9.17, 15) is 14.7 Å². The molecule has 7 nitrogen and oxygen atoms in total. The van der Waals surface area contributed by atoms with Gasteiger partial charge in [0.2, 0.25) is 0 Å². The van der Waals surface area contributed by atoms with Crippen LogP contribution in [0.5, 0.6) is 0 Å². The number of ether oxygens (including phenoxy) is 2. The smallest absolute Gasteiger partial charge is 0.302 e. The van der Waals surface area contributed by atoms with Crippen molar-refractivity contribution < 1.29 is 24.2 Å². The zero-order chi connectivity index (χ0) is 30.2. The van der Waals surface area contributed by atoms with E-state index in [-0.39, 0.29) is 58.6 Å². The number of allylic oxidation sites excluding steroid dienone is 1. The minimum Gasteiger partial charge on any atom is -0.462 e. The molecule has 0 spiro atoms. The monoisotopic (exact) mass is 576 g/mol. The first-order valence-electron chi connectivity index (χ1n) is 15.7. The Kier molecular flexibility index (Phi) is 7.07. The largest absolute Gasteiger partial charge is 0.462 e. The zero-order valence-corrected chi connectivity index (χ0v) is 26.2. The first-order chi connectivity index (χ1) is 19.8. The molecule has 7 heteroatoms. The Hall–Kier alpha value is -2.48. The fourth-order valence-corrected chi connectivity index (χ4v) is 10.1. The molecule has 2 N–H and O–H groups in total. The van der Waals surface area contributed by atoms with E-state index >= 15 is 0 Å². The van der Waals surface area contributed by atoms with E-state index in [1.54, 1.807) is 0 Å². The standard InChI is InChI=1S/C35H48N2O5/c1-21(37(6)7)29-27(42-22(2)38)19-34(5)25-17-26(39)30-32(3)20-41-35(30,18-24(25)13-15-33(29,34)4)16-14-28(32)36-31(40)23-11-9-8-10-12-23/h8-14,16,21,25-30,39H,15,17-20H2,1-7H3,(H,36,40)/t21-,25+,26-,27+,28-,29-,30-,32+,33+,34-,35+/m0/s1. The van der Waals surface area contributed by atoms with Crippen LogP contribution >= 0.6 is 0 Å². The fraction of sp³-hybridized carbons (Fsp3) is 0.657. The van der Waals surface area contributed by atoms with Crippen LogP contribution in [0.4, 0.5) is 0 Å². The lowest BCUT2D eigenvalue weighted by atomic mass is 9.51. The summed E-state index contributed by atoms with van der Waals surface area (Å²) < 4.78 is 12.8. The second-order valence-corrected chi connectivity index (χ2v) is 14.8. The molecule has 1 saturated heterocycles. The van der Waals surface area contributed by atoms with Crippen molar-refractivity contribution >= 4 is 11.9 Å². The summed E-state index contributed by atoms with van der Waals surface area (Å²) in [6, 6.07) is 9.27. The number of nitrogens with one attached hydrogen (secondary N) is 1. The molecule has 1 aromatic rings. The summed E-state index contributed by atoms with van der Waals surface area (Å²) in [7, 11) is 4.21. The molecule has 2 saturated carbocycles. The number of rotatable bonds is 5. The lowest BCUT2D eigenvalue weighted by Gasteiger charge is -2.54.